The smallest absolute Gasteiger partial charge is 0.0980 e. The van der Waals surface area contributed by atoms with Gasteiger partial charge in [-0.3, -0.25) is 0 Å². The van der Waals surface area contributed by atoms with Gasteiger partial charge >= 0.3 is 0 Å². The van der Waals surface area contributed by atoms with Crippen LogP contribution < -0.4 is 10.6 Å². The fourth-order valence-electron chi connectivity index (χ4n) is 4.96. The number of rotatable bonds is 11. The van der Waals surface area contributed by atoms with Crippen molar-refractivity contribution in [1.82, 2.24) is 0 Å². The average Bonchev–Trinajstić information content (AvgIpc) is 3.14. The van der Waals surface area contributed by atoms with Gasteiger partial charge in [0.15, 0.2) is 0 Å². The molecular formula is C25H36NO3PS. The molecule has 3 unspecified atom stereocenters. The highest BCUT2D eigenvalue weighted by molar-refractivity contribution is 7.86. The summed E-state index contributed by atoms with van der Waals surface area (Å²) in [5, 5.41) is 1.85. The van der Waals surface area contributed by atoms with Crippen LogP contribution in [0.5, 0.6) is 0 Å². The van der Waals surface area contributed by atoms with Crippen molar-refractivity contribution in [2.75, 3.05) is 32.8 Å². The van der Waals surface area contributed by atoms with Crippen LogP contribution in [0.15, 0.2) is 60.7 Å². The molecule has 1 heterocycles. The van der Waals surface area contributed by atoms with Crippen LogP contribution in [0.3, 0.4) is 0 Å². The van der Waals surface area contributed by atoms with E-state index in [-0.39, 0.29) is 5.92 Å². The van der Waals surface area contributed by atoms with Gasteiger partial charge in [0.25, 0.3) is 0 Å². The van der Waals surface area contributed by atoms with Crippen molar-refractivity contribution >= 4 is 28.6 Å². The summed E-state index contributed by atoms with van der Waals surface area (Å²) in [5.74, 6) is -0.0102. The van der Waals surface area contributed by atoms with E-state index >= 15 is 0 Å². The Morgan fingerprint density at radius 3 is 2.13 bits per heavy atom. The molecule has 1 saturated heterocycles. The van der Waals surface area contributed by atoms with Crippen LogP contribution in [0.1, 0.15) is 39.0 Å². The zero-order valence-corrected chi connectivity index (χ0v) is 20.5. The maximum absolute atomic E-state index is 12.2. The minimum absolute atomic E-state index is 0.0102. The monoisotopic (exact) mass is 461 g/mol. The maximum atomic E-state index is 12.2. The fraction of sp³-hybridized carbons (Fsp3) is 0.520. The summed E-state index contributed by atoms with van der Waals surface area (Å²) < 4.78 is 37.5. The highest BCUT2D eigenvalue weighted by Crippen LogP contribution is 2.37. The van der Waals surface area contributed by atoms with Gasteiger partial charge in [-0.15, -0.1) is 0 Å². The number of quaternary nitrogens is 1. The van der Waals surface area contributed by atoms with Crippen LogP contribution in [0.25, 0.3) is 0 Å². The van der Waals surface area contributed by atoms with Gasteiger partial charge in [0, 0.05) is 12.3 Å². The molecule has 0 radical (unpaired) electrons. The Hall–Kier alpha value is -1.26. The lowest BCUT2D eigenvalue weighted by atomic mass is 10.0. The number of likely N-dealkylation sites (tertiary alicyclic amines) is 1. The molecule has 2 aromatic carbocycles. The van der Waals surface area contributed by atoms with Crippen LogP contribution in [0, 0.1) is 5.92 Å². The third kappa shape index (κ3) is 6.86. The predicted molar refractivity (Wildman–Crippen MR) is 130 cm³/mol. The molecule has 31 heavy (non-hydrogen) atoms. The van der Waals surface area contributed by atoms with Crippen molar-refractivity contribution in [3.8, 4) is 0 Å². The Bertz CT molecular complexity index is 867. The molecule has 2 aromatic rings. The second-order valence-corrected chi connectivity index (χ2v) is 13.1. The molecule has 3 rings (SSSR count). The SMILES string of the molecule is CCCC[N+]1(C)CCC(C(CCCP(c2ccccc2)c2ccccc2)S(=O)(=O)[O-])C1. The summed E-state index contributed by atoms with van der Waals surface area (Å²) >= 11 is 0. The first-order valence-corrected chi connectivity index (χ1v) is 14.5. The van der Waals surface area contributed by atoms with Crippen LogP contribution in [0.2, 0.25) is 0 Å². The first kappa shape index (κ1) is 24.4. The zero-order chi connectivity index (χ0) is 22.3. The second-order valence-electron chi connectivity index (χ2n) is 9.15. The van der Waals surface area contributed by atoms with Crippen molar-refractivity contribution in [1.29, 1.82) is 0 Å². The zero-order valence-electron chi connectivity index (χ0n) is 18.8. The van der Waals surface area contributed by atoms with Gasteiger partial charge in [-0.2, -0.15) is 0 Å². The van der Waals surface area contributed by atoms with E-state index in [1.54, 1.807) is 0 Å². The van der Waals surface area contributed by atoms with Crippen LogP contribution >= 0.6 is 7.92 Å². The van der Waals surface area contributed by atoms with E-state index in [1.165, 1.54) is 10.6 Å². The summed E-state index contributed by atoms with van der Waals surface area (Å²) in [4.78, 5) is 0. The minimum Gasteiger partial charge on any atom is -0.748 e. The molecule has 1 aliphatic rings. The molecule has 0 spiro atoms. The van der Waals surface area contributed by atoms with E-state index in [2.05, 4.69) is 62.5 Å². The first-order valence-electron chi connectivity index (χ1n) is 11.5. The van der Waals surface area contributed by atoms with Crippen molar-refractivity contribution in [3.05, 3.63) is 60.7 Å². The molecular weight excluding hydrogens is 425 g/mol. The van der Waals surface area contributed by atoms with E-state index in [9.17, 15) is 13.0 Å². The number of hydrogen-bond acceptors (Lipinski definition) is 3. The third-order valence-electron chi connectivity index (χ3n) is 6.67. The molecule has 0 N–H and O–H groups in total. The van der Waals surface area contributed by atoms with Gasteiger partial charge < -0.3 is 9.04 Å². The molecule has 3 atom stereocenters. The number of hydrogen-bond donors (Lipinski definition) is 0. The molecule has 0 bridgehead atoms. The number of unbranched alkanes of at least 4 members (excludes halogenated alkanes) is 1. The van der Waals surface area contributed by atoms with Gasteiger partial charge in [-0.1, -0.05) is 74.0 Å². The Labute approximate surface area is 189 Å². The van der Waals surface area contributed by atoms with Crippen molar-refractivity contribution < 1.29 is 17.5 Å². The predicted octanol–water partition coefficient (Wildman–Crippen LogP) is 4.08. The lowest BCUT2D eigenvalue weighted by Crippen LogP contribution is -2.44. The maximum Gasteiger partial charge on any atom is 0.0980 e. The molecule has 6 heteroatoms. The average molecular weight is 462 g/mol. The Morgan fingerprint density at radius 1 is 1.03 bits per heavy atom. The molecule has 0 amide bonds. The van der Waals surface area contributed by atoms with E-state index in [0.29, 0.717) is 6.42 Å². The largest absolute Gasteiger partial charge is 0.748 e. The highest BCUT2D eigenvalue weighted by atomic mass is 32.2. The normalized spacial score (nSPS) is 22.6. The van der Waals surface area contributed by atoms with Crippen molar-refractivity contribution in [3.63, 3.8) is 0 Å². The van der Waals surface area contributed by atoms with E-state index in [1.807, 2.05) is 12.1 Å². The van der Waals surface area contributed by atoms with E-state index < -0.39 is 23.3 Å². The summed E-state index contributed by atoms with van der Waals surface area (Å²) in [6.07, 6.45) is 5.28. The summed E-state index contributed by atoms with van der Waals surface area (Å²) in [7, 11) is -2.64. The van der Waals surface area contributed by atoms with Gasteiger partial charge in [0.2, 0.25) is 0 Å². The van der Waals surface area contributed by atoms with Gasteiger partial charge in [0.1, 0.15) is 0 Å². The van der Waals surface area contributed by atoms with E-state index in [0.717, 1.165) is 56.0 Å². The molecule has 170 valence electrons. The minimum atomic E-state index is -4.30. The van der Waals surface area contributed by atoms with Gasteiger partial charge in [-0.25, -0.2) is 8.42 Å². The highest BCUT2D eigenvalue weighted by Gasteiger charge is 2.40. The second kappa shape index (κ2) is 11.0. The molecule has 0 aromatic heterocycles. The standard InChI is InChI=1S/C25H36NO3PS/c1-3-4-18-26(2)19-17-22(21-26)25(31(27,28)29)16-11-20-30(23-12-7-5-8-13-23)24-14-9-6-10-15-24/h5-10,12-15,22,25H,3-4,11,16-21H2,1-2H3. The Kier molecular flexibility index (Phi) is 8.69. The molecule has 1 aliphatic heterocycles. The van der Waals surface area contributed by atoms with Crippen molar-refractivity contribution in [2.45, 2.75) is 44.3 Å². The van der Waals surface area contributed by atoms with Crippen molar-refractivity contribution in [2.24, 2.45) is 5.92 Å². The molecule has 0 saturated carbocycles. The lowest BCUT2D eigenvalue weighted by molar-refractivity contribution is -0.899. The van der Waals surface area contributed by atoms with Gasteiger partial charge in [0.05, 0.1) is 42.1 Å². The van der Waals surface area contributed by atoms with E-state index in [4.69, 9.17) is 0 Å². The molecule has 4 nitrogen and oxygen atoms in total. The summed E-state index contributed by atoms with van der Waals surface area (Å²) in [5.41, 5.74) is 0. The van der Waals surface area contributed by atoms with Crippen LogP contribution in [-0.2, 0) is 10.1 Å². The van der Waals surface area contributed by atoms with Crippen LogP contribution in [-0.4, -0.2) is 55.5 Å². The number of benzene rings is 2. The van der Waals surface area contributed by atoms with Crippen LogP contribution in [0.4, 0.5) is 0 Å². The molecule has 0 aliphatic carbocycles. The third-order valence-corrected chi connectivity index (χ3v) is 10.6. The van der Waals surface area contributed by atoms with Gasteiger partial charge in [-0.05, 0) is 44.0 Å². The quantitative estimate of drug-likeness (QED) is 0.288. The first-order chi connectivity index (χ1) is 14.8. The Morgan fingerprint density at radius 2 is 1.61 bits per heavy atom. The summed E-state index contributed by atoms with van der Waals surface area (Å²) in [6.45, 7) is 5.06. The number of nitrogens with zero attached hydrogens (tertiary/aromatic N) is 1. The Balaban J connectivity index is 1.69. The topological polar surface area (TPSA) is 57.2 Å². The summed E-state index contributed by atoms with van der Waals surface area (Å²) in [6, 6.07) is 20.9. The lowest BCUT2D eigenvalue weighted by Gasteiger charge is -2.32. The fourth-order valence-corrected chi connectivity index (χ4v) is 8.49. The molecule has 1 fully saturated rings.